The second-order valence-electron chi connectivity index (χ2n) is 5.39. The summed E-state index contributed by atoms with van der Waals surface area (Å²) in [4.78, 5) is 12.3. The molecule has 0 heterocycles. The summed E-state index contributed by atoms with van der Waals surface area (Å²) in [7, 11) is 0. The number of carbonyl (C=O) groups excluding carboxylic acids is 1. The van der Waals surface area contributed by atoms with Crippen LogP contribution < -0.4 is 21.1 Å². The quantitative estimate of drug-likeness (QED) is 0.555. The van der Waals surface area contributed by atoms with E-state index in [0.29, 0.717) is 24.4 Å². The highest BCUT2D eigenvalue weighted by molar-refractivity contribution is 7.80. The van der Waals surface area contributed by atoms with Gasteiger partial charge >= 0.3 is 0 Å². The predicted molar refractivity (Wildman–Crippen MR) is 101 cm³/mol. The number of rotatable bonds is 6. The molecule has 2 aromatic carbocycles. The van der Waals surface area contributed by atoms with Crippen LogP contribution >= 0.6 is 12.2 Å². The number of aryl methyl sites for hydroxylation is 2. The second-order valence-corrected chi connectivity index (χ2v) is 5.83. The Kier molecular flexibility index (Phi) is 6.14. The Morgan fingerprint density at radius 2 is 1.92 bits per heavy atom. The monoisotopic (exact) mass is 343 g/mol. The summed E-state index contributed by atoms with van der Waals surface area (Å²) in [6.45, 7) is 4.87. The first-order chi connectivity index (χ1) is 11.5. The summed E-state index contributed by atoms with van der Waals surface area (Å²) in [5.74, 6) is 0.584. The number of nitrogens with one attached hydrogen (secondary N) is 2. The van der Waals surface area contributed by atoms with Crippen LogP contribution in [0.15, 0.2) is 42.5 Å². The molecule has 0 saturated carbocycles. The molecule has 0 saturated heterocycles. The lowest BCUT2D eigenvalue weighted by molar-refractivity contribution is 0.0948. The van der Waals surface area contributed by atoms with Crippen LogP contribution in [0.1, 0.15) is 21.5 Å². The average molecular weight is 343 g/mol. The van der Waals surface area contributed by atoms with Gasteiger partial charge in [0.05, 0.1) is 17.8 Å². The molecule has 0 aliphatic carbocycles. The molecule has 0 atom stereocenters. The molecule has 24 heavy (non-hydrogen) atoms. The largest absolute Gasteiger partial charge is 0.492 e. The van der Waals surface area contributed by atoms with E-state index in [0.717, 1.165) is 5.75 Å². The van der Waals surface area contributed by atoms with Gasteiger partial charge in [-0.1, -0.05) is 18.2 Å². The van der Waals surface area contributed by atoms with Crippen LogP contribution in [0.4, 0.5) is 5.69 Å². The summed E-state index contributed by atoms with van der Waals surface area (Å²) in [6, 6.07) is 13.0. The van der Waals surface area contributed by atoms with E-state index in [-0.39, 0.29) is 11.0 Å². The number of ether oxygens (including phenoxy) is 1. The minimum atomic E-state index is -0.210. The van der Waals surface area contributed by atoms with Crippen LogP contribution in [0, 0.1) is 13.8 Å². The van der Waals surface area contributed by atoms with Gasteiger partial charge in [-0.25, -0.2) is 0 Å². The molecule has 0 fully saturated rings. The second kappa shape index (κ2) is 8.31. The predicted octanol–water partition coefficient (Wildman–Crippen LogP) is 2.77. The van der Waals surface area contributed by atoms with Gasteiger partial charge in [0.25, 0.3) is 5.91 Å². The molecule has 6 heteroatoms. The van der Waals surface area contributed by atoms with Gasteiger partial charge in [-0.05, 0) is 61.5 Å². The maximum Gasteiger partial charge on any atom is 0.253 e. The number of thiocarbonyl (C=S) groups is 1. The van der Waals surface area contributed by atoms with Crippen molar-refractivity contribution in [3.05, 3.63) is 59.2 Å². The molecule has 0 unspecified atom stereocenters. The zero-order valence-electron chi connectivity index (χ0n) is 13.8. The number of para-hydroxylation sites is 1. The summed E-state index contributed by atoms with van der Waals surface area (Å²) in [5.41, 5.74) is 8.93. The number of carbonyl (C=O) groups is 1. The van der Waals surface area contributed by atoms with E-state index in [4.69, 9.17) is 22.7 Å². The maximum absolute atomic E-state index is 12.3. The van der Waals surface area contributed by atoms with Gasteiger partial charge < -0.3 is 21.1 Å². The number of amides is 1. The number of hydrogen-bond donors (Lipinski definition) is 3. The van der Waals surface area contributed by atoms with Crippen LogP contribution in [0.5, 0.6) is 5.75 Å². The lowest BCUT2D eigenvalue weighted by Crippen LogP contribution is -2.29. The smallest absolute Gasteiger partial charge is 0.253 e. The standard InChI is InChI=1S/C18H21N3O2S/c1-12-7-8-14(11-13(12)2)23-10-9-20-17(22)15-5-3-4-6-16(15)21-18(19)24/h3-8,11H,9-10H2,1-2H3,(H,20,22)(H3,19,21,24). The summed E-state index contributed by atoms with van der Waals surface area (Å²) in [5, 5.41) is 5.74. The van der Waals surface area contributed by atoms with Crippen LogP contribution in [0.25, 0.3) is 0 Å². The molecule has 0 aliphatic rings. The highest BCUT2D eigenvalue weighted by Crippen LogP contribution is 2.16. The number of anilines is 1. The summed E-state index contributed by atoms with van der Waals surface area (Å²) >= 11 is 4.82. The van der Waals surface area contributed by atoms with Gasteiger partial charge in [0.1, 0.15) is 12.4 Å². The molecule has 126 valence electrons. The molecule has 0 bridgehead atoms. The zero-order chi connectivity index (χ0) is 17.5. The van der Waals surface area contributed by atoms with Gasteiger partial charge in [0.15, 0.2) is 5.11 Å². The van der Waals surface area contributed by atoms with Crippen molar-refractivity contribution in [2.45, 2.75) is 13.8 Å². The fourth-order valence-electron chi connectivity index (χ4n) is 2.16. The average Bonchev–Trinajstić information content (AvgIpc) is 2.54. The van der Waals surface area contributed by atoms with Gasteiger partial charge in [-0.15, -0.1) is 0 Å². The molecule has 0 radical (unpaired) electrons. The Morgan fingerprint density at radius 3 is 2.62 bits per heavy atom. The van der Waals surface area contributed by atoms with Crippen molar-refractivity contribution in [1.82, 2.24) is 5.32 Å². The lowest BCUT2D eigenvalue weighted by Gasteiger charge is -2.12. The molecule has 5 nitrogen and oxygen atoms in total. The van der Waals surface area contributed by atoms with Crippen LogP contribution in [0.2, 0.25) is 0 Å². The first kappa shape index (κ1) is 17.7. The maximum atomic E-state index is 12.3. The SMILES string of the molecule is Cc1ccc(OCCNC(=O)c2ccccc2NC(N)=S)cc1C. The number of nitrogens with two attached hydrogens (primary N) is 1. The first-order valence-electron chi connectivity index (χ1n) is 7.61. The van der Waals surface area contributed by atoms with Gasteiger partial charge in [-0.2, -0.15) is 0 Å². The van der Waals surface area contributed by atoms with Crippen molar-refractivity contribution >= 4 is 28.9 Å². The fourth-order valence-corrected chi connectivity index (χ4v) is 2.27. The first-order valence-corrected chi connectivity index (χ1v) is 8.02. The molecule has 0 aromatic heterocycles. The van der Waals surface area contributed by atoms with E-state index < -0.39 is 0 Å². The lowest BCUT2D eigenvalue weighted by atomic mass is 10.1. The minimum absolute atomic E-state index is 0.119. The Bertz CT molecular complexity index is 747. The Morgan fingerprint density at radius 1 is 1.17 bits per heavy atom. The number of benzene rings is 2. The Labute approximate surface area is 147 Å². The fraction of sp³-hybridized carbons (Fsp3) is 0.222. The summed E-state index contributed by atoms with van der Waals surface area (Å²) in [6.07, 6.45) is 0. The molecule has 1 amide bonds. The molecule has 2 aromatic rings. The third kappa shape index (κ3) is 4.96. The van der Waals surface area contributed by atoms with Crippen molar-refractivity contribution in [2.24, 2.45) is 5.73 Å². The van der Waals surface area contributed by atoms with Crippen molar-refractivity contribution in [3.8, 4) is 5.75 Å². The van der Waals surface area contributed by atoms with E-state index in [1.54, 1.807) is 24.3 Å². The van der Waals surface area contributed by atoms with Crippen molar-refractivity contribution in [3.63, 3.8) is 0 Å². The van der Waals surface area contributed by atoms with E-state index >= 15 is 0 Å². The van der Waals surface area contributed by atoms with Crippen LogP contribution in [-0.4, -0.2) is 24.2 Å². The van der Waals surface area contributed by atoms with E-state index in [2.05, 4.69) is 17.6 Å². The molecule has 4 N–H and O–H groups in total. The normalized spacial score (nSPS) is 10.1. The van der Waals surface area contributed by atoms with Gasteiger partial charge in [-0.3, -0.25) is 4.79 Å². The van der Waals surface area contributed by atoms with Crippen LogP contribution in [0.3, 0.4) is 0 Å². The zero-order valence-corrected chi connectivity index (χ0v) is 14.6. The van der Waals surface area contributed by atoms with Crippen molar-refractivity contribution < 1.29 is 9.53 Å². The topological polar surface area (TPSA) is 76.4 Å². The highest BCUT2D eigenvalue weighted by Gasteiger charge is 2.10. The van der Waals surface area contributed by atoms with E-state index in [1.807, 2.05) is 25.1 Å². The highest BCUT2D eigenvalue weighted by atomic mass is 32.1. The van der Waals surface area contributed by atoms with E-state index in [1.165, 1.54) is 11.1 Å². The van der Waals surface area contributed by atoms with E-state index in [9.17, 15) is 4.79 Å². The molecule has 2 rings (SSSR count). The number of hydrogen-bond acceptors (Lipinski definition) is 3. The molecular weight excluding hydrogens is 322 g/mol. The van der Waals surface area contributed by atoms with Gasteiger partial charge in [0, 0.05) is 0 Å². The van der Waals surface area contributed by atoms with Crippen molar-refractivity contribution in [1.29, 1.82) is 0 Å². The molecule has 0 spiro atoms. The summed E-state index contributed by atoms with van der Waals surface area (Å²) < 4.78 is 5.65. The minimum Gasteiger partial charge on any atom is -0.492 e. The molecular formula is C18H21N3O2S. The third-order valence-corrected chi connectivity index (χ3v) is 3.67. The van der Waals surface area contributed by atoms with Gasteiger partial charge in [0.2, 0.25) is 0 Å². The van der Waals surface area contributed by atoms with Crippen molar-refractivity contribution in [2.75, 3.05) is 18.5 Å². The Hall–Kier alpha value is -2.60. The van der Waals surface area contributed by atoms with Crippen LogP contribution in [-0.2, 0) is 0 Å². The molecule has 0 aliphatic heterocycles. The Balaban J connectivity index is 1.87. The third-order valence-electron chi connectivity index (χ3n) is 3.56.